The van der Waals surface area contributed by atoms with Crippen LogP contribution in [0, 0.1) is 5.41 Å². The summed E-state index contributed by atoms with van der Waals surface area (Å²) in [4.78, 5) is 13.2. The lowest BCUT2D eigenvalue weighted by atomic mass is 9.77. The van der Waals surface area contributed by atoms with Crippen molar-refractivity contribution in [2.24, 2.45) is 5.41 Å². The Balaban J connectivity index is 2.08. The summed E-state index contributed by atoms with van der Waals surface area (Å²) < 4.78 is 5.30. The lowest BCUT2D eigenvalue weighted by Gasteiger charge is -2.29. The average Bonchev–Trinajstić information content (AvgIpc) is 2.55. The van der Waals surface area contributed by atoms with Crippen molar-refractivity contribution in [3.8, 4) is 0 Å². The third-order valence-corrected chi connectivity index (χ3v) is 4.34. The lowest BCUT2D eigenvalue weighted by molar-refractivity contribution is 0.0636. The van der Waals surface area contributed by atoms with E-state index in [0.29, 0.717) is 5.41 Å². The highest BCUT2D eigenvalue weighted by Gasteiger charge is 2.28. The van der Waals surface area contributed by atoms with E-state index < -0.39 is 5.60 Å². The zero-order valence-corrected chi connectivity index (χ0v) is 13.2. The molecular weight excluding hydrogens is 258 g/mol. The molecule has 0 fully saturated rings. The molecule has 3 nitrogen and oxygen atoms in total. The Bertz CT molecular complexity index is 483. The molecule has 0 atom stereocenters. The monoisotopic (exact) mass is 281 g/mol. The van der Waals surface area contributed by atoms with Crippen LogP contribution in [0.2, 0.25) is 0 Å². The number of thiophene rings is 1. The summed E-state index contributed by atoms with van der Waals surface area (Å²) >= 11 is 1.74. The van der Waals surface area contributed by atoms with Crippen LogP contribution in [0.15, 0.2) is 5.38 Å². The Hall–Kier alpha value is -1.03. The molecule has 0 unspecified atom stereocenters. The molecule has 1 aliphatic rings. The smallest absolute Gasteiger partial charge is 0.412 e. The molecule has 0 bridgehead atoms. The van der Waals surface area contributed by atoms with Crippen molar-refractivity contribution < 1.29 is 9.53 Å². The maximum atomic E-state index is 11.8. The standard InChI is InChI=1S/C15H23NO2S/c1-14(2,3)18-13(17)16-11-9-19-12-8-15(4,5)7-6-10(11)12/h9H,6-8H2,1-5H3,(H,16,17). The summed E-state index contributed by atoms with van der Waals surface area (Å²) in [5, 5.41) is 4.92. The van der Waals surface area contributed by atoms with Crippen molar-refractivity contribution >= 4 is 23.1 Å². The van der Waals surface area contributed by atoms with Crippen molar-refractivity contribution in [3.05, 3.63) is 15.8 Å². The fraction of sp³-hybridized carbons (Fsp3) is 0.667. The van der Waals surface area contributed by atoms with Gasteiger partial charge in [0.05, 0.1) is 5.69 Å². The first-order valence-corrected chi connectivity index (χ1v) is 7.63. The fourth-order valence-electron chi connectivity index (χ4n) is 2.35. The van der Waals surface area contributed by atoms with Gasteiger partial charge in [-0.1, -0.05) is 13.8 Å². The van der Waals surface area contributed by atoms with Gasteiger partial charge in [0.1, 0.15) is 5.60 Å². The van der Waals surface area contributed by atoms with E-state index in [0.717, 1.165) is 18.5 Å². The highest BCUT2D eigenvalue weighted by molar-refractivity contribution is 7.10. The van der Waals surface area contributed by atoms with E-state index in [1.54, 1.807) is 11.3 Å². The molecule has 0 aliphatic heterocycles. The minimum absolute atomic E-state index is 0.363. The van der Waals surface area contributed by atoms with Crippen LogP contribution in [0.1, 0.15) is 51.5 Å². The molecule has 0 saturated heterocycles. The van der Waals surface area contributed by atoms with Gasteiger partial charge in [-0.2, -0.15) is 0 Å². The van der Waals surface area contributed by atoms with Gasteiger partial charge < -0.3 is 4.74 Å². The number of rotatable bonds is 1. The van der Waals surface area contributed by atoms with Gasteiger partial charge in [-0.25, -0.2) is 4.79 Å². The Kier molecular flexibility index (Phi) is 3.65. The number of carbonyl (C=O) groups excluding carboxylic acids is 1. The number of ether oxygens (including phenoxy) is 1. The van der Waals surface area contributed by atoms with Gasteiger partial charge in [0, 0.05) is 10.3 Å². The molecule has 1 heterocycles. The molecule has 1 aromatic rings. The first-order valence-electron chi connectivity index (χ1n) is 6.76. The largest absolute Gasteiger partial charge is 0.444 e. The van der Waals surface area contributed by atoms with E-state index in [9.17, 15) is 4.79 Å². The maximum absolute atomic E-state index is 11.8. The number of nitrogens with one attached hydrogen (secondary N) is 1. The van der Waals surface area contributed by atoms with Crippen LogP contribution >= 0.6 is 11.3 Å². The van der Waals surface area contributed by atoms with Gasteiger partial charge in [0.2, 0.25) is 0 Å². The molecule has 0 saturated carbocycles. The van der Waals surface area contributed by atoms with E-state index in [-0.39, 0.29) is 6.09 Å². The Labute approximate surface area is 119 Å². The van der Waals surface area contributed by atoms with Crippen molar-refractivity contribution in [1.82, 2.24) is 0 Å². The van der Waals surface area contributed by atoms with Crippen LogP contribution in [0.25, 0.3) is 0 Å². The molecule has 1 N–H and O–H groups in total. The number of hydrogen-bond acceptors (Lipinski definition) is 3. The van der Waals surface area contributed by atoms with Gasteiger partial charge in [-0.05, 0) is 51.0 Å². The molecule has 4 heteroatoms. The maximum Gasteiger partial charge on any atom is 0.412 e. The van der Waals surface area contributed by atoms with E-state index in [2.05, 4.69) is 19.2 Å². The van der Waals surface area contributed by atoms with E-state index in [1.165, 1.54) is 16.9 Å². The van der Waals surface area contributed by atoms with Crippen LogP contribution in [0.5, 0.6) is 0 Å². The number of fused-ring (bicyclic) bond motifs is 1. The molecule has 0 radical (unpaired) electrons. The third kappa shape index (κ3) is 3.72. The van der Waals surface area contributed by atoms with Crippen LogP contribution in [-0.2, 0) is 17.6 Å². The number of hydrogen-bond donors (Lipinski definition) is 1. The lowest BCUT2D eigenvalue weighted by Crippen LogP contribution is -2.28. The van der Waals surface area contributed by atoms with E-state index in [1.807, 2.05) is 26.2 Å². The predicted molar refractivity (Wildman–Crippen MR) is 80.0 cm³/mol. The minimum Gasteiger partial charge on any atom is -0.444 e. The quantitative estimate of drug-likeness (QED) is 0.816. The fourth-order valence-corrected chi connectivity index (χ4v) is 3.64. The summed E-state index contributed by atoms with van der Waals surface area (Å²) in [7, 11) is 0. The van der Waals surface area contributed by atoms with E-state index in [4.69, 9.17) is 4.74 Å². The second kappa shape index (κ2) is 4.82. The molecule has 2 rings (SSSR count). The van der Waals surface area contributed by atoms with Crippen molar-refractivity contribution in [3.63, 3.8) is 0 Å². The summed E-state index contributed by atoms with van der Waals surface area (Å²) in [6.45, 7) is 10.2. The Morgan fingerprint density at radius 3 is 2.74 bits per heavy atom. The number of amides is 1. The van der Waals surface area contributed by atoms with Gasteiger partial charge in [-0.3, -0.25) is 5.32 Å². The second-order valence-electron chi connectivity index (χ2n) is 7.02. The van der Waals surface area contributed by atoms with E-state index >= 15 is 0 Å². The van der Waals surface area contributed by atoms with Gasteiger partial charge in [-0.15, -0.1) is 11.3 Å². The minimum atomic E-state index is -0.456. The van der Waals surface area contributed by atoms with Crippen LogP contribution < -0.4 is 5.32 Å². The molecule has 1 aliphatic carbocycles. The van der Waals surface area contributed by atoms with Crippen LogP contribution in [-0.4, -0.2) is 11.7 Å². The topological polar surface area (TPSA) is 38.3 Å². The summed E-state index contributed by atoms with van der Waals surface area (Å²) in [6, 6.07) is 0. The van der Waals surface area contributed by atoms with Crippen molar-refractivity contribution in [2.75, 3.05) is 5.32 Å². The summed E-state index contributed by atoms with van der Waals surface area (Å²) in [5.74, 6) is 0. The number of carbonyl (C=O) groups is 1. The van der Waals surface area contributed by atoms with Crippen LogP contribution in [0.3, 0.4) is 0 Å². The molecule has 1 amide bonds. The molecule has 0 spiro atoms. The molecule has 0 aromatic carbocycles. The molecule has 19 heavy (non-hydrogen) atoms. The summed E-state index contributed by atoms with van der Waals surface area (Å²) in [5.41, 5.74) is 2.16. The Morgan fingerprint density at radius 1 is 1.42 bits per heavy atom. The first kappa shape index (κ1) is 14.4. The summed E-state index contributed by atoms with van der Waals surface area (Å²) in [6.07, 6.45) is 2.94. The van der Waals surface area contributed by atoms with Crippen LogP contribution in [0.4, 0.5) is 10.5 Å². The van der Waals surface area contributed by atoms with Crippen molar-refractivity contribution in [1.29, 1.82) is 0 Å². The highest BCUT2D eigenvalue weighted by Crippen LogP contribution is 2.41. The van der Waals surface area contributed by atoms with Gasteiger partial charge in [0.15, 0.2) is 0 Å². The molecule has 106 valence electrons. The average molecular weight is 281 g/mol. The van der Waals surface area contributed by atoms with Gasteiger partial charge >= 0.3 is 6.09 Å². The third-order valence-electron chi connectivity index (χ3n) is 3.31. The number of anilines is 1. The zero-order chi connectivity index (χ0) is 14.3. The molecule has 1 aromatic heterocycles. The first-order chi connectivity index (χ1) is 8.66. The highest BCUT2D eigenvalue weighted by atomic mass is 32.1. The zero-order valence-electron chi connectivity index (χ0n) is 12.4. The normalized spacial score (nSPS) is 17.7. The second-order valence-corrected chi connectivity index (χ2v) is 7.98. The Morgan fingerprint density at radius 2 is 2.11 bits per heavy atom. The predicted octanol–water partition coefficient (Wildman–Crippen LogP) is 4.61. The SMILES string of the molecule is CC1(C)CCc2c(NC(=O)OC(C)(C)C)csc2C1. The van der Waals surface area contributed by atoms with Gasteiger partial charge in [0.25, 0.3) is 0 Å². The van der Waals surface area contributed by atoms with Crippen molar-refractivity contribution in [2.45, 2.75) is 59.5 Å². The molecular formula is C15H23NO2S.